The van der Waals surface area contributed by atoms with Gasteiger partial charge >= 0.3 is 10.1 Å². The average molecular weight is 307 g/mol. The van der Waals surface area contributed by atoms with E-state index in [0.29, 0.717) is 0 Å². The van der Waals surface area contributed by atoms with Crippen molar-refractivity contribution in [1.82, 2.24) is 0 Å². The first-order valence-electron chi connectivity index (χ1n) is 6.06. The second-order valence-corrected chi connectivity index (χ2v) is 6.07. The van der Waals surface area contributed by atoms with Crippen molar-refractivity contribution in [3.8, 4) is 5.75 Å². The molecule has 0 saturated carbocycles. The van der Waals surface area contributed by atoms with Crippen LogP contribution in [0.1, 0.15) is 11.1 Å². The van der Waals surface area contributed by atoms with Crippen LogP contribution < -0.4 is 4.18 Å². The molecule has 0 spiro atoms. The van der Waals surface area contributed by atoms with E-state index in [1.165, 1.54) is 19.1 Å². The van der Waals surface area contributed by atoms with Crippen molar-refractivity contribution in [2.24, 2.45) is 0 Å². The Hall–Kier alpha value is -2.41. The molecule has 0 fully saturated rings. The summed E-state index contributed by atoms with van der Waals surface area (Å²) in [6.07, 6.45) is 0. The number of rotatable bonds is 4. The van der Waals surface area contributed by atoms with Gasteiger partial charge in [0.05, 0.1) is 4.92 Å². The van der Waals surface area contributed by atoms with Crippen LogP contribution in [0.2, 0.25) is 0 Å². The number of nitrogens with zero attached hydrogens (tertiary/aromatic N) is 1. The van der Waals surface area contributed by atoms with Gasteiger partial charge in [-0.3, -0.25) is 10.1 Å². The Balaban J connectivity index is 2.35. The van der Waals surface area contributed by atoms with E-state index >= 15 is 0 Å². The Bertz CT molecular complexity index is 782. The molecule has 0 amide bonds. The molecular formula is C14H13NO5S. The van der Waals surface area contributed by atoms with Crippen molar-refractivity contribution in [2.45, 2.75) is 18.7 Å². The van der Waals surface area contributed by atoms with Crippen LogP contribution in [0.5, 0.6) is 5.75 Å². The first kappa shape index (κ1) is 15.0. The maximum atomic E-state index is 12.2. The second-order valence-electron chi connectivity index (χ2n) is 4.56. The van der Waals surface area contributed by atoms with Gasteiger partial charge in [-0.05, 0) is 37.6 Å². The third-order valence-electron chi connectivity index (χ3n) is 2.87. The van der Waals surface area contributed by atoms with Crippen LogP contribution in [-0.2, 0) is 10.1 Å². The van der Waals surface area contributed by atoms with Crippen LogP contribution in [0.3, 0.4) is 0 Å². The molecule has 0 aliphatic carbocycles. The summed E-state index contributed by atoms with van der Waals surface area (Å²) in [5.74, 6) is 0.193. The Morgan fingerprint density at radius 3 is 2.19 bits per heavy atom. The van der Waals surface area contributed by atoms with Gasteiger partial charge in [-0.25, -0.2) is 0 Å². The van der Waals surface area contributed by atoms with E-state index in [-0.39, 0.29) is 21.9 Å². The predicted molar refractivity (Wildman–Crippen MR) is 76.8 cm³/mol. The molecule has 6 nitrogen and oxygen atoms in total. The zero-order valence-corrected chi connectivity index (χ0v) is 12.3. The predicted octanol–water partition coefficient (Wildman–Crippen LogP) is 2.98. The molecular weight excluding hydrogens is 294 g/mol. The molecule has 0 aliphatic heterocycles. The lowest BCUT2D eigenvalue weighted by molar-refractivity contribution is -0.385. The SMILES string of the molecule is Cc1ccc(OS(=O)(=O)c2ccc([N+](=O)[O-])cc2C)cc1. The van der Waals surface area contributed by atoms with Crippen LogP contribution in [-0.4, -0.2) is 13.3 Å². The van der Waals surface area contributed by atoms with Crippen LogP contribution in [0, 0.1) is 24.0 Å². The van der Waals surface area contributed by atoms with Crippen molar-refractivity contribution in [2.75, 3.05) is 0 Å². The van der Waals surface area contributed by atoms with Crippen LogP contribution >= 0.6 is 0 Å². The standard InChI is InChI=1S/C14H13NO5S/c1-10-3-6-13(7-4-10)20-21(18,19)14-8-5-12(15(16)17)9-11(14)2/h3-9H,1-2H3. The Morgan fingerprint density at radius 2 is 1.67 bits per heavy atom. The largest absolute Gasteiger partial charge is 0.379 e. The van der Waals surface area contributed by atoms with Crippen LogP contribution in [0.4, 0.5) is 5.69 Å². The first-order valence-corrected chi connectivity index (χ1v) is 7.46. The Morgan fingerprint density at radius 1 is 1.05 bits per heavy atom. The highest BCUT2D eigenvalue weighted by Crippen LogP contribution is 2.24. The van der Waals surface area contributed by atoms with Gasteiger partial charge in [-0.15, -0.1) is 0 Å². The molecule has 110 valence electrons. The normalized spacial score (nSPS) is 11.1. The number of hydrogen-bond acceptors (Lipinski definition) is 5. The van der Waals surface area contributed by atoms with Crippen molar-refractivity contribution in [1.29, 1.82) is 0 Å². The molecule has 0 saturated heterocycles. The average Bonchev–Trinajstić information content (AvgIpc) is 2.40. The lowest BCUT2D eigenvalue weighted by atomic mass is 10.2. The highest BCUT2D eigenvalue weighted by atomic mass is 32.2. The number of nitro groups is 1. The van der Waals surface area contributed by atoms with Gasteiger partial charge < -0.3 is 4.18 Å². The molecule has 0 aromatic heterocycles. The van der Waals surface area contributed by atoms with E-state index in [0.717, 1.165) is 11.6 Å². The summed E-state index contributed by atoms with van der Waals surface area (Å²) in [4.78, 5) is 9.99. The third kappa shape index (κ3) is 3.38. The summed E-state index contributed by atoms with van der Waals surface area (Å²) in [6, 6.07) is 10.1. The number of aryl methyl sites for hydroxylation is 2. The van der Waals surface area contributed by atoms with E-state index in [2.05, 4.69) is 0 Å². The smallest absolute Gasteiger partial charge is 0.339 e. The summed E-state index contributed by atoms with van der Waals surface area (Å²) < 4.78 is 29.4. The molecule has 0 bridgehead atoms. The van der Waals surface area contributed by atoms with Crippen LogP contribution in [0.25, 0.3) is 0 Å². The van der Waals surface area contributed by atoms with E-state index in [4.69, 9.17) is 4.18 Å². The zero-order valence-electron chi connectivity index (χ0n) is 11.4. The molecule has 2 rings (SSSR count). The lowest BCUT2D eigenvalue weighted by Crippen LogP contribution is -2.11. The number of hydrogen-bond donors (Lipinski definition) is 0. The van der Waals surface area contributed by atoms with E-state index in [1.807, 2.05) is 6.92 Å². The van der Waals surface area contributed by atoms with Crippen molar-refractivity contribution in [3.63, 3.8) is 0 Å². The van der Waals surface area contributed by atoms with Crippen molar-refractivity contribution >= 4 is 15.8 Å². The molecule has 0 radical (unpaired) electrons. The monoisotopic (exact) mass is 307 g/mol. The fourth-order valence-corrected chi connectivity index (χ4v) is 2.94. The van der Waals surface area contributed by atoms with Gasteiger partial charge in [0.2, 0.25) is 0 Å². The topological polar surface area (TPSA) is 86.5 Å². The molecule has 2 aromatic carbocycles. The molecule has 0 aliphatic rings. The summed E-state index contributed by atoms with van der Waals surface area (Å²) in [5.41, 5.74) is 1.07. The first-order chi connectivity index (χ1) is 9.79. The number of nitro benzene ring substituents is 1. The number of benzene rings is 2. The minimum absolute atomic E-state index is 0.0892. The molecule has 0 N–H and O–H groups in total. The lowest BCUT2D eigenvalue weighted by Gasteiger charge is -2.09. The van der Waals surface area contributed by atoms with Gasteiger partial charge in [0.15, 0.2) is 0 Å². The second kappa shape index (κ2) is 5.53. The van der Waals surface area contributed by atoms with Gasteiger partial charge in [0, 0.05) is 12.1 Å². The molecule has 21 heavy (non-hydrogen) atoms. The molecule has 7 heteroatoms. The maximum Gasteiger partial charge on any atom is 0.339 e. The van der Waals surface area contributed by atoms with Gasteiger partial charge in [-0.1, -0.05) is 17.7 Å². The summed E-state index contributed by atoms with van der Waals surface area (Å²) >= 11 is 0. The zero-order chi connectivity index (χ0) is 15.6. The van der Waals surface area contributed by atoms with Gasteiger partial charge in [0.25, 0.3) is 5.69 Å². The minimum Gasteiger partial charge on any atom is -0.379 e. The fourth-order valence-electron chi connectivity index (χ4n) is 1.79. The van der Waals surface area contributed by atoms with Crippen LogP contribution in [0.15, 0.2) is 47.4 Å². The fraction of sp³-hybridized carbons (Fsp3) is 0.143. The molecule has 0 unspecified atom stereocenters. The number of non-ortho nitro benzene ring substituents is 1. The van der Waals surface area contributed by atoms with Gasteiger partial charge in [0.1, 0.15) is 10.6 Å². The van der Waals surface area contributed by atoms with Crippen molar-refractivity contribution in [3.05, 3.63) is 63.7 Å². The van der Waals surface area contributed by atoms with Gasteiger partial charge in [-0.2, -0.15) is 8.42 Å². The quantitative estimate of drug-likeness (QED) is 0.492. The Kier molecular flexibility index (Phi) is 3.95. The van der Waals surface area contributed by atoms with E-state index in [1.54, 1.807) is 24.3 Å². The highest BCUT2D eigenvalue weighted by Gasteiger charge is 2.21. The Labute approximate surface area is 122 Å². The van der Waals surface area contributed by atoms with E-state index < -0.39 is 15.0 Å². The van der Waals surface area contributed by atoms with Crippen molar-refractivity contribution < 1.29 is 17.5 Å². The summed E-state index contributed by atoms with van der Waals surface area (Å²) in [6.45, 7) is 3.36. The maximum absolute atomic E-state index is 12.2. The van der Waals surface area contributed by atoms with E-state index in [9.17, 15) is 18.5 Å². The molecule has 0 heterocycles. The molecule has 2 aromatic rings. The highest BCUT2D eigenvalue weighted by molar-refractivity contribution is 7.87. The minimum atomic E-state index is -4.02. The molecule has 0 atom stereocenters. The third-order valence-corrected chi connectivity index (χ3v) is 4.27. The summed E-state index contributed by atoms with van der Waals surface area (Å²) in [5, 5.41) is 10.7. The summed E-state index contributed by atoms with van der Waals surface area (Å²) in [7, 11) is -4.02.